The molecule has 0 spiro atoms. The van der Waals surface area contributed by atoms with Crippen LogP contribution in [0.25, 0.3) is 0 Å². The van der Waals surface area contributed by atoms with Crippen molar-refractivity contribution in [3.05, 3.63) is 70.8 Å². The smallest absolute Gasteiger partial charge is 0.126 e. The Morgan fingerprint density at radius 1 is 0.550 bits per heavy atom. The van der Waals surface area contributed by atoms with E-state index in [-0.39, 0.29) is 0 Å². The van der Waals surface area contributed by atoms with E-state index in [1.54, 1.807) is 0 Å². The molecule has 0 N–H and O–H groups in total. The normalized spacial score (nSPS) is 9.90. The van der Waals surface area contributed by atoms with Crippen LogP contribution in [0.4, 0.5) is 17.6 Å². The Kier molecular flexibility index (Phi) is 7.23. The van der Waals surface area contributed by atoms with Gasteiger partial charge >= 0.3 is 0 Å². The second-order valence-electron chi connectivity index (χ2n) is 3.82. The Morgan fingerprint density at radius 3 is 1.00 bits per heavy atom. The first-order valence-electron chi connectivity index (χ1n) is 5.46. The van der Waals surface area contributed by atoms with Gasteiger partial charge in [0.15, 0.2) is 0 Å². The summed E-state index contributed by atoms with van der Waals surface area (Å²) in [5.41, 5.74) is 1.22. The van der Waals surface area contributed by atoms with E-state index in [4.69, 9.17) is 0 Å². The summed E-state index contributed by atoms with van der Waals surface area (Å²) in [5, 5.41) is 0.948. The molecule has 0 aliphatic carbocycles. The summed E-state index contributed by atoms with van der Waals surface area (Å²) in [5.74, 6) is -2.13. The first-order chi connectivity index (χ1) is 9.44. The van der Waals surface area contributed by atoms with Gasteiger partial charge in [0.2, 0.25) is 0 Å². The van der Waals surface area contributed by atoms with Gasteiger partial charge in [0.25, 0.3) is 0 Å². The maximum Gasteiger partial charge on any atom is 0.126 e. The van der Waals surface area contributed by atoms with E-state index >= 15 is 0 Å². The van der Waals surface area contributed by atoms with E-state index in [0.29, 0.717) is 21.8 Å². The van der Waals surface area contributed by atoms with Gasteiger partial charge in [0.1, 0.15) is 23.3 Å². The van der Waals surface area contributed by atoms with Gasteiger partial charge in [-0.05, 0) is 35.4 Å². The molecule has 0 amide bonds. The molecule has 0 heterocycles. The van der Waals surface area contributed by atoms with E-state index < -0.39 is 23.3 Å². The van der Waals surface area contributed by atoms with Crippen LogP contribution in [-0.4, -0.2) is 0 Å². The summed E-state index contributed by atoms with van der Waals surface area (Å²) in [6.07, 6.45) is 0. The second kappa shape index (κ2) is 8.42. The number of halogens is 6. The predicted molar refractivity (Wildman–Crippen MR) is 78.0 cm³/mol. The summed E-state index contributed by atoms with van der Waals surface area (Å²) < 4.78 is 49.4. The lowest BCUT2D eigenvalue weighted by atomic mass is 10.2. The lowest BCUT2D eigenvalue weighted by molar-refractivity contribution is 0.580. The van der Waals surface area contributed by atoms with E-state index in [9.17, 15) is 17.6 Å². The molecule has 2 aromatic carbocycles. The van der Waals surface area contributed by atoms with Gasteiger partial charge in [-0.1, -0.05) is 31.9 Å². The zero-order chi connectivity index (χ0) is 15.1. The van der Waals surface area contributed by atoms with Gasteiger partial charge in [-0.3, -0.25) is 0 Å². The Balaban J connectivity index is 0.000000200. The highest BCUT2D eigenvalue weighted by molar-refractivity contribution is 9.08. The van der Waals surface area contributed by atoms with Crippen LogP contribution >= 0.6 is 31.9 Å². The molecule has 0 aromatic heterocycles. The molecule has 0 atom stereocenters. The van der Waals surface area contributed by atoms with E-state index in [0.717, 1.165) is 12.1 Å². The molecule has 2 aromatic rings. The molecule has 6 heteroatoms. The Hall–Kier alpha value is -0.880. The summed E-state index contributed by atoms with van der Waals surface area (Å²) in [4.78, 5) is 0. The third kappa shape index (κ3) is 6.05. The number of hydrogen-bond donors (Lipinski definition) is 0. The average molecular weight is 414 g/mol. The van der Waals surface area contributed by atoms with Crippen LogP contribution in [0.2, 0.25) is 0 Å². The van der Waals surface area contributed by atoms with Crippen LogP contribution in [-0.2, 0) is 10.7 Å². The number of benzene rings is 2. The summed E-state index contributed by atoms with van der Waals surface area (Å²) >= 11 is 6.18. The fourth-order valence-corrected chi connectivity index (χ4v) is 2.02. The molecule has 0 aliphatic rings. The maximum absolute atomic E-state index is 12.4. The molecule has 20 heavy (non-hydrogen) atoms. The Bertz CT molecular complexity index is 481. The number of rotatable bonds is 2. The first-order valence-corrected chi connectivity index (χ1v) is 7.70. The van der Waals surface area contributed by atoms with Crippen molar-refractivity contribution in [3.63, 3.8) is 0 Å². The van der Waals surface area contributed by atoms with Gasteiger partial charge < -0.3 is 0 Å². The highest BCUT2D eigenvalue weighted by atomic mass is 79.9. The molecule has 0 bridgehead atoms. The summed E-state index contributed by atoms with van der Waals surface area (Å²) in [6, 6.07) is 6.86. The van der Waals surface area contributed by atoms with Gasteiger partial charge in [-0.15, -0.1) is 0 Å². The van der Waals surface area contributed by atoms with Gasteiger partial charge in [0.05, 0.1) is 0 Å². The fourth-order valence-electron chi connectivity index (χ4n) is 1.38. The second-order valence-corrected chi connectivity index (χ2v) is 4.94. The standard InChI is InChI=1S/2C7H5BrF2/c2*8-4-5-1-6(9)3-7(10)2-5/h2*1-3H,4H2. The minimum atomic E-state index is -0.533. The van der Waals surface area contributed by atoms with Crippen LogP contribution in [0, 0.1) is 23.3 Å². The van der Waals surface area contributed by atoms with E-state index in [1.807, 2.05) is 0 Å². The fraction of sp³-hybridized carbons (Fsp3) is 0.143. The van der Waals surface area contributed by atoms with Crippen LogP contribution in [0.1, 0.15) is 11.1 Å². The lowest BCUT2D eigenvalue weighted by Gasteiger charge is -1.94. The Morgan fingerprint density at radius 2 is 0.800 bits per heavy atom. The number of hydrogen-bond acceptors (Lipinski definition) is 0. The average Bonchev–Trinajstić information content (AvgIpc) is 2.37. The first kappa shape index (κ1) is 17.2. The topological polar surface area (TPSA) is 0 Å². The van der Waals surface area contributed by atoms with Crippen LogP contribution in [0.5, 0.6) is 0 Å². The van der Waals surface area contributed by atoms with Crippen molar-refractivity contribution in [1.29, 1.82) is 0 Å². The third-order valence-corrected chi connectivity index (χ3v) is 3.45. The maximum atomic E-state index is 12.4. The van der Waals surface area contributed by atoms with Crippen LogP contribution in [0.3, 0.4) is 0 Å². The van der Waals surface area contributed by atoms with Gasteiger partial charge in [0, 0.05) is 22.8 Å². The molecule has 0 aliphatic heterocycles. The largest absolute Gasteiger partial charge is 0.207 e. The van der Waals surface area contributed by atoms with Gasteiger partial charge in [-0.25, -0.2) is 17.6 Å². The van der Waals surface area contributed by atoms with Crippen LogP contribution in [0.15, 0.2) is 36.4 Å². The molecule has 2 rings (SSSR count). The molecular formula is C14H10Br2F4. The summed E-state index contributed by atoms with van der Waals surface area (Å²) in [6.45, 7) is 0. The van der Waals surface area contributed by atoms with Gasteiger partial charge in [-0.2, -0.15) is 0 Å². The molecule has 0 saturated carbocycles. The molecule has 0 saturated heterocycles. The van der Waals surface area contributed by atoms with E-state index in [1.165, 1.54) is 24.3 Å². The molecule has 0 fully saturated rings. The zero-order valence-corrected chi connectivity index (χ0v) is 13.3. The predicted octanol–water partition coefficient (Wildman–Crippen LogP) is 5.72. The minimum Gasteiger partial charge on any atom is -0.207 e. The minimum absolute atomic E-state index is 0.474. The van der Waals surface area contributed by atoms with Crippen molar-refractivity contribution in [3.8, 4) is 0 Å². The number of alkyl halides is 2. The molecule has 0 nitrogen and oxygen atoms in total. The lowest BCUT2D eigenvalue weighted by Crippen LogP contribution is -1.83. The summed E-state index contributed by atoms with van der Waals surface area (Å²) in [7, 11) is 0. The molecule has 0 radical (unpaired) electrons. The monoisotopic (exact) mass is 412 g/mol. The molecule has 108 valence electrons. The third-order valence-electron chi connectivity index (χ3n) is 2.15. The van der Waals surface area contributed by atoms with Crippen molar-refractivity contribution in [1.82, 2.24) is 0 Å². The zero-order valence-electron chi connectivity index (χ0n) is 10.1. The van der Waals surface area contributed by atoms with Crippen molar-refractivity contribution in [2.75, 3.05) is 0 Å². The van der Waals surface area contributed by atoms with Crippen molar-refractivity contribution < 1.29 is 17.6 Å². The quantitative estimate of drug-likeness (QED) is 0.436. The van der Waals surface area contributed by atoms with E-state index in [2.05, 4.69) is 31.9 Å². The van der Waals surface area contributed by atoms with Crippen molar-refractivity contribution in [2.45, 2.75) is 10.7 Å². The Labute approximate surface area is 131 Å². The van der Waals surface area contributed by atoms with Crippen LogP contribution < -0.4 is 0 Å². The molecule has 0 unspecified atom stereocenters. The highest BCUT2D eigenvalue weighted by Gasteiger charge is 1.98. The van der Waals surface area contributed by atoms with Crippen molar-refractivity contribution in [2.24, 2.45) is 0 Å². The highest BCUT2D eigenvalue weighted by Crippen LogP contribution is 2.11. The SMILES string of the molecule is Fc1cc(F)cc(CBr)c1.Fc1cc(F)cc(CBr)c1. The molecular weight excluding hydrogens is 404 g/mol. The van der Waals surface area contributed by atoms with Crippen molar-refractivity contribution >= 4 is 31.9 Å².